The third kappa shape index (κ3) is 5.48. The summed E-state index contributed by atoms with van der Waals surface area (Å²) in [5.41, 5.74) is 4.32. The fourth-order valence-corrected chi connectivity index (χ4v) is 16.3. The maximum atomic E-state index is 14.0. The molecule has 6 saturated carbocycles. The Bertz CT molecular complexity index is 1370. The van der Waals surface area contributed by atoms with E-state index < -0.39 is 5.60 Å². The monoisotopic (exact) mass is 672 g/mol. The van der Waals surface area contributed by atoms with Crippen molar-refractivity contribution in [2.75, 3.05) is 13.1 Å². The molecule has 2 saturated heterocycles. The normalized spacial score (nSPS) is 50.6. The van der Waals surface area contributed by atoms with Crippen LogP contribution in [0.2, 0.25) is 0 Å². The minimum Gasteiger partial charge on any atom is -0.393 e. The van der Waals surface area contributed by atoms with Crippen molar-refractivity contribution in [1.82, 2.24) is 4.90 Å². The molecule has 1 aromatic rings. The minimum atomic E-state index is -0.584. The van der Waals surface area contributed by atoms with E-state index >= 15 is 0 Å². The van der Waals surface area contributed by atoms with Crippen LogP contribution in [-0.4, -0.2) is 57.2 Å². The molecule has 15 atom stereocenters. The van der Waals surface area contributed by atoms with E-state index in [1.54, 1.807) is 0 Å². The Morgan fingerprint density at radius 2 is 1.51 bits per heavy atom. The van der Waals surface area contributed by atoms with Crippen LogP contribution in [0.4, 0.5) is 0 Å². The van der Waals surface area contributed by atoms with E-state index in [0.29, 0.717) is 58.8 Å². The summed E-state index contributed by atoms with van der Waals surface area (Å²) in [6.45, 7) is 11.9. The summed E-state index contributed by atoms with van der Waals surface area (Å²) in [4.78, 5) is 2.87. The largest absolute Gasteiger partial charge is 0.393 e. The van der Waals surface area contributed by atoms with E-state index in [0.717, 1.165) is 31.6 Å². The quantitative estimate of drug-likeness (QED) is 0.302. The van der Waals surface area contributed by atoms with Crippen LogP contribution in [0, 0.1) is 83.9 Å². The van der Waals surface area contributed by atoms with Gasteiger partial charge in [0.2, 0.25) is 0 Å². The van der Waals surface area contributed by atoms with Gasteiger partial charge in [-0.05, 0) is 186 Å². The van der Waals surface area contributed by atoms with E-state index in [2.05, 4.69) is 50.8 Å². The summed E-state index contributed by atoms with van der Waals surface area (Å²) in [6.07, 6.45) is 20.0. The van der Waals surface area contributed by atoms with Gasteiger partial charge in [0, 0.05) is 19.1 Å². The lowest BCUT2D eigenvalue weighted by atomic mass is 9.49. The summed E-state index contributed by atoms with van der Waals surface area (Å²) < 4.78 is 0. The zero-order valence-electron chi connectivity index (χ0n) is 31.5. The van der Waals surface area contributed by atoms with Crippen molar-refractivity contribution in [2.24, 2.45) is 70.0 Å². The second kappa shape index (κ2) is 12.3. The molecule has 49 heavy (non-hydrogen) atoms. The van der Waals surface area contributed by atoms with Crippen LogP contribution in [0.3, 0.4) is 0 Å². The molecule has 4 nitrogen and oxygen atoms in total. The van der Waals surface area contributed by atoms with Crippen LogP contribution < -0.4 is 0 Å². The minimum absolute atomic E-state index is 0.154. The molecular weight excluding hydrogens is 602 g/mol. The second-order valence-corrected chi connectivity index (χ2v) is 20.7. The van der Waals surface area contributed by atoms with E-state index in [9.17, 15) is 15.3 Å². The van der Waals surface area contributed by atoms with Gasteiger partial charge < -0.3 is 15.3 Å². The smallest absolute Gasteiger partial charge is 0.0861 e. The topological polar surface area (TPSA) is 63.9 Å². The molecule has 2 aliphatic heterocycles. The highest BCUT2D eigenvalue weighted by molar-refractivity contribution is 5.29. The Labute approximate surface area is 298 Å². The lowest BCUT2D eigenvalue weighted by molar-refractivity contribution is -0.224. The average Bonchev–Trinajstić information content (AvgIpc) is 3.66. The first-order valence-electron chi connectivity index (χ1n) is 21.4. The zero-order valence-corrected chi connectivity index (χ0v) is 31.5. The number of benzene rings is 1. The van der Waals surface area contributed by atoms with Crippen LogP contribution in [0.1, 0.15) is 133 Å². The fraction of sp³-hybridized carbons (Fsp3) is 0.867. The van der Waals surface area contributed by atoms with Crippen molar-refractivity contribution < 1.29 is 15.3 Å². The number of rotatable bonds is 3. The summed E-state index contributed by atoms with van der Waals surface area (Å²) in [5.74, 6) is 5.75. The zero-order chi connectivity index (χ0) is 33.9. The molecule has 0 amide bonds. The molecule has 8 fully saturated rings. The first kappa shape index (κ1) is 33.9. The maximum absolute atomic E-state index is 14.0. The summed E-state index contributed by atoms with van der Waals surface area (Å²) in [5, 5.41) is 36.2. The number of fused-ring (bicyclic) bond motifs is 8. The Balaban J connectivity index is 1.06. The molecule has 0 unspecified atom stereocenters. The van der Waals surface area contributed by atoms with Crippen molar-refractivity contribution in [3.8, 4) is 0 Å². The van der Waals surface area contributed by atoms with Gasteiger partial charge >= 0.3 is 0 Å². The summed E-state index contributed by atoms with van der Waals surface area (Å²) in [7, 11) is 0. The third-order valence-corrected chi connectivity index (χ3v) is 17.9. The summed E-state index contributed by atoms with van der Waals surface area (Å²) in [6, 6.07) is 7.55. The predicted octanol–water partition coefficient (Wildman–Crippen LogP) is 8.49. The van der Waals surface area contributed by atoms with Crippen LogP contribution >= 0.6 is 0 Å². The molecule has 4 heteroatoms. The Hall–Kier alpha value is -0.940. The van der Waals surface area contributed by atoms with Gasteiger partial charge in [-0.2, -0.15) is 0 Å². The highest BCUT2D eigenvalue weighted by Gasteiger charge is 2.67. The van der Waals surface area contributed by atoms with Gasteiger partial charge in [0.1, 0.15) is 0 Å². The number of aryl methyl sites for hydroxylation is 2. The van der Waals surface area contributed by atoms with Crippen LogP contribution in [0.25, 0.3) is 0 Å². The Morgan fingerprint density at radius 3 is 2.29 bits per heavy atom. The van der Waals surface area contributed by atoms with Gasteiger partial charge in [0.25, 0.3) is 0 Å². The van der Waals surface area contributed by atoms with Gasteiger partial charge in [-0.3, -0.25) is 4.90 Å². The molecule has 1 aromatic carbocycles. The van der Waals surface area contributed by atoms with E-state index in [1.165, 1.54) is 113 Å². The highest BCUT2D eigenvalue weighted by Crippen LogP contribution is 2.69. The molecular formula is C45H69NO3. The van der Waals surface area contributed by atoms with Crippen molar-refractivity contribution in [1.29, 1.82) is 0 Å². The molecule has 8 aliphatic rings. The molecule has 0 bridgehead atoms. The number of aliphatic hydroxyl groups excluding tert-OH is 2. The molecule has 6 aliphatic carbocycles. The van der Waals surface area contributed by atoms with E-state index in [-0.39, 0.29) is 23.5 Å². The average molecular weight is 672 g/mol. The number of piperidine rings is 2. The molecule has 0 aromatic heterocycles. The van der Waals surface area contributed by atoms with Crippen LogP contribution in [0.5, 0.6) is 0 Å². The first-order valence-corrected chi connectivity index (χ1v) is 21.4. The predicted molar refractivity (Wildman–Crippen MR) is 197 cm³/mol. The third-order valence-electron chi connectivity index (χ3n) is 17.9. The number of hydrogen-bond donors (Lipinski definition) is 3. The summed E-state index contributed by atoms with van der Waals surface area (Å²) >= 11 is 0. The molecule has 272 valence electrons. The molecule has 0 radical (unpaired) electrons. The number of aliphatic hydroxyl groups is 3. The number of hydrogen-bond acceptors (Lipinski definition) is 4. The fourth-order valence-electron chi connectivity index (χ4n) is 16.3. The van der Waals surface area contributed by atoms with Crippen molar-refractivity contribution in [2.45, 2.75) is 161 Å². The van der Waals surface area contributed by atoms with E-state index in [4.69, 9.17) is 0 Å². The maximum Gasteiger partial charge on any atom is 0.0861 e. The van der Waals surface area contributed by atoms with Crippen LogP contribution in [-0.2, 0) is 6.42 Å². The van der Waals surface area contributed by atoms with Gasteiger partial charge in [-0.1, -0.05) is 56.0 Å². The number of nitrogens with zero attached hydrogens (tertiary/aromatic N) is 1. The molecule has 2 heterocycles. The second-order valence-electron chi connectivity index (χ2n) is 20.7. The molecule has 3 N–H and O–H groups in total. The van der Waals surface area contributed by atoms with Crippen LogP contribution in [0.15, 0.2) is 18.2 Å². The Morgan fingerprint density at radius 1 is 0.735 bits per heavy atom. The molecule has 1 spiro atoms. The molecule has 9 rings (SSSR count). The van der Waals surface area contributed by atoms with Gasteiger partial charge in [-0.15, -0.1) is 0 Å². The standard InChI is InChI=1S/C45H69NO3/c1-27-7-10-42-45(49,32-19-31(23-44(24-32)12-5-6-13-44)18-30-16-28(2)15-29(3)17-30)38-9-8-34-35(37(38)26-46(42)25-27)21-39-36(34)22-41(48)40-20-33(47)11-14-43(39,40)4/h15-17,27,31-42,47-49H,5-14,18-26H2,1-4H3/t27-,31-,32-,33-,34-,35-,36-,37-,38+,39+,40-,41-,42-,43+,45+/m0/s1. The van der Waals surface area contributed by atoms with Crippen molar-refractivity contribution in [3.63, 3.8) is 0 Å². The SMILES string of the molecule is Cc1cc(C)cc(C[C@H]2C[C@H]([C@@]3(O)[C@@H]4CC[C@H]5[C@H](C[C@@H]6[C@H]5C[C@H](O)[C@@H]5C[C@@H](O)CC[C@]65C)[C@@H]4CN4C[C@@H](C)CC[C@H]43)CC3(CCCC3)C2)c1. The van der Waals surface area contributed by atoms with Crippen molar-refractivity contribution in [3.05, 3.63) is 34.9 Å². The van der Waals surface area contributed by atoms with E-state index in [1.807, 2.05) is 0 Å². The first-order chi connectivity index (χ1) is 23.5. The highest BCUT2D eigenvalue weighted by atomic mass is 16.3. The lowest BCUT2D eigenvalue weighted by Gasteiger charge is -2.64. The van der Waals surface area contributed by atoms with Gasteiger partial charge in [-0.25, -0.2) is 0 Å². The van der Waals surface area contributed by atoms with Crippen molar-refractivity contribution >= 4 is 0 Å². The Kier molecular flexibility index (Phi) is 8.51. The van der Waals surface area contributed by atoms with Gasteiger partial charge in [0.05, 0.1) is 17.8 Å². The lowest BCUT2D eigenvalue weighted by Crippen LogP contribution is -2.71. The van der Waals surface area contributed by atoms with Gasteiger partial charge in [0.15, 0.2) is 0 Å².